The molecule has 0 aromatic carbocycles. The van der Waals surface area contributed by atoms with Crippen molar-refractivity contribution in [3.63, 3.8) is 0 Å². The molecule has 0 aliphatic heterocycles. The Labute approximate surface area is 102 Å². The number of nitrogens with one attached hydrogen (secondary N) is 1. The number of aryl methyl sites for hydroxylation is 1. The van der Waals surface area contributed by atoms with Crippen LogP contribution in [0.2, 0.25) is 0 Å². The van der Waals surface area contributed by atoms with Crippen molar-refractivity contribution < 1.29 is 5.21 Å². The molecule has 1 rings (SSSR count). The number of amidine groups is 1. The molecule has 0 aliphatic rings. The van der Waals surface area contributed by atoms with Gasteiger partial charge < -0.3 is 16.3 Å². The smallest absolute Gasteiger partial charge is 0.140 e. The molecule has 94 valence electrons. The van der Waals surface area contributed by atoms with E-state index in [1.165, 1.54) is 11.1 Å². The predicted octanol–water partition coefficient (Wildman–Crippen LogP) is 1.39. The van der Waals surface area contributed by atoms with E-state index in [4.69, 9.17) is 10.9 Å². The molecule has 1 aromatic heterocycles. The summed E-state index contributed by atoms with van der Waals surface area (Å²) in [7, 11) is 0. The first-order valence-electron chi connectivity index (χ1n) is 5.76. The van der Waals surface area contributed by atoms with Crippen LogP contribution in [0.3, 0.4) is 0 Å². The summed E-state index contributed by atoms with van der Waals surface area (Å²) >= 11 is 0. The highest BCUT2D eigenvalue weighted by Gasteiger charge is 2.08. The van der Waals surface area contributed by atoms with Gasteiger partial charge in [-0.25, -0.2) is 0 Å². The molecule has 0 spiro atoms. The van der Waals surface area contributed by atoms with Gasteiger partial charge in [0.05, 0.1) is 0 Å². The van der Waals surface area contributed by atoms with E-state index in [9.17, 15) is 0 Å². The zero-order valence-corrected chi connectivity index (χ0v) is 10.3. The van der Waals surface area contributed by atoms with Crippen LogP contribution in [0.15, 0.2) is 23.6 Å². The third-order valence-electron chi connectivity index (χ3n) is 2.81. The number of oxime groups is 1. The van der Waals surface area contributed by atoms with Crippen LogP contribution in [0.4, 0.5) is 0 Å². The second-order valence-corrected chi connectivity index (χ2v) is 4.08. The Morgan fingerprint density at radius 2 is 2.41 bits per heavy atom. The number of pyridine rings is 1. The molecular formula is C12H20N4O. The minimum absolute atomic E-state index is 0.213. The lowest BCUT2D eigenvalue weighted by Crippen LogP contribution is -2.33. The van der Waals surface area contributed by atoms with Crippen LogP contribution in [-0.4, -0.2) is 22.1 Å². The maximum atomic E-state index is 8.53. The standard InChI is InChI=1S/C12H20N4O/c1-3-11(6-12(13)16-17)15-8-10-7-14-5-4-9(10)2/h4-5,7,11,15,17H,3,6,8H2,1-2H3,(H2,13,16). The van der Waals surface area contributed by atoms with Crippen LogP contribution in [0, 0.1) is 6.92 Å². The molecule has 1 heterocycles. The number of aromatic nitrogens is 1. The molecule has 0 amide bonds. The van der Waals surface area contributed by atoms with Crippen LogP contribution in [0.1, 0.15) is 30.9 Å². The Hall–Kier alpha value is -1.62. The van der Waals surface area contributed by atoms with Crippen molar-refractivity contribution in [2.75, 3.05) is 0 Å². The van der Waals surface area contributed by atoms with Gasteiger partial charge in [-0.15, -0.1) is 0 Å². The monoisotopic (exact) mass is 236 g/mol. The molecular weight excluding hydrogens is 216 g/mol. The minimum Gasteiger partial charge on any atom is -0.409 e. The van der Waals surface area contributed by atoms with E-state index in [1.807, 2.05) is 12.3 Å². The van der Waals surface area contributed by atoms with Gasteiger partial charge in [0.2, 0.25) is 0 Å². The normalized spacial score (nSPS) is 13.6. The first kappa shape index (κ1) is 13.4. The van der Waals surface area contributed by atoms with E-state index in [0.29, 0.717) is 6.42 Å². The summed E-state index contributed by atoms with van der Waals surface area (Å²) in [5.74, 6) is 0.257. The fourth-order valence-corrected chi connectivity index (χ4v) is 1.59. The second kappa shape index (κ2) is 6.85. The van der Waals surface area contributed by atoms with E-state index in [0.717, 1.165) is 13.0 Å². The summed E-state index contributed by atoms with van der Waals surface area (Å²) in [6, 6.07) is 2.20. The van der Waals surface area contributed by atoms with Gasteiger partial charge in [-0.2, -0.15) is 0 Å². The molecule has 0 fully saturated rings. The predicted molar refractivity (Wildman–Crippen MR) is 67.9 cm³/mol. The molecule has 4 N–H and O–H groups in total. The highest BCUT2D eigenvalue weighted by molar-refractivity contribution is 5.80. The van der Waals surface area contributed by atoms with Crippen molar-refractivity contribution in [1.29, 1.82) is 0 Å². The summed E-state index contributed by atoms with van der Waals surface area (Å²) in [5, 5.41) is 14.9. The molecule has 1 unspecified atom stereocenters. The summed E-state index contributed by atoms with van der Waals surface area (Å²) in [6.45, 7) is 4.87. The molecule has 5 nitrogen and oxygen atoms in total. The maximum Gasteiger partial charge on any atom is 0.140 e. The zero-order valence-electron chi connectivity index (χ0n) is 10.3. The fraction of sp³-hybridized carbons (Fsp3) is 0.500. The fourth-order valence-electron chi connectivity index (χ4n) is 1.59. The zero-order chi connectivity index (χ0) is 12.7. The van der Waals surface area contributed by atoms with E-state index in [2.05, 4.69) is 29.3 Å². The molecule has 0 radical (unpaired) electrons. The molecule has 0 aliphatic carbocycles. The van der Waals surface area contributed by atoms with Gasteiger partial charge >= 0.3 is 0 Å². The molecule has 17 heavy (non-hydrogen) atoms. The van der Waals surface area contributed by atoms with Crippen LogP contribution >= 0.6 is 0 Å². The van der Waals surface area contributed by atoms with Crippen molar-refractivity contribution in [3.05, 3.63) is 29.6 Å². The number of hydrogen-bond donors (Lipinski definition) is 3. The Morgan fingerprint density at radius 1 is 1.65 bits per heavy atom. The van der Waals surface area contributed by atoms with Crippen LogP contribution < -0.4 is 11.1 Å². The van der Waals surface area contributed by atoms with Crippen LogP contribution in [0.25, 0.3) is 0 Å². The molecule has 5 heteroatoms. The van der Waals surface area contributed by atoms with E-state index >= 15 is 0 Å². The van der Waals surface area contributed by atoms with E-state index in [-0.39, 0.29) is 11.9 Å². The SMILES string of the molecule is CCC(C/C(N)=N/O)NCc1cnccc1C. The lowest BCUT2D eigenvalue weighted by atomic mass is 10.1. The Kier molecular flexibility index (Phi) is 5.42. The Morgan fingerprint density at radius 3 is 3.00 bits per heavy atom. The lowest BCUT2D eigenvalue weighted by Gasteiger charge is -2.16. The largest absolute Gasteiger partial charge is 0.409 e. The summed E-state index contributed by atoms with van der Waals surface area (Å²) < 4.78 is 0. The highest BCUT2D eigenvalue weighted by atomic mass is 16.4. The van der Waals surface area contributed by atoms with Gasteiger partial charge in [0.1, 0.15) is 5.84 Å². The first-order chi connectivity index (χ1) is 8.17. The van der Waals surface area contributed by atoms with Crippen LogP contribution in [0.5, 0.6) is 0 Å². The minimum atomic E-state index is 0.213. The van der Waals surface area contributed by atoms with Crippen molar-refractivity contribution in [2.45, 2.75) is 39.3 Å². The Bertz CT molecular complexity index is 379. The number of nitrogens with two attached hydrogens (primary N) is 1. The van der Waals surface area contributed by atoms with Crippen molar-refractivity contribution in [3.8, 4) is 0 Å². The van der Waals surface area contributed by atoms with E-state index < -0.39 is 0 Å². The van der Waals surface area contributed by atoms with Gasteiger partial charge in [0.25, 0.3) is 0 Å². The summed E-state index contributed by atoms with van der Waals surface area (Å²) in [6.07, 6.45) is 5.12. The Balaban J connectivity index is 2.51. The van der Waals surface area contributed by atoms with Crippen LogP contribution in [-0.2, 0) is 6.54 Å². The van der Waals surface area contributed by atoms with E-state index in [1.54, 1.807) is 6.20 Å². The molecule has 1 atom stereocenters. The lowest BCUT2D eigenvalue weighted by molar-refractivity contribution is 0.315. The molecule has 0 saturated carbocycles. The first-order valence-corrected chi connectivity index (χ1v) is 5.76. The van der Waals surface area contributed by atoms with Gasteiger partial charge in [-0.05, 0) is 30.5 Å². The molecule has 0 bridgehead atoms. The average molecular weight is 236 g/mol. The quantitative estimate of drug-likeness (QED) is 0.302. The summed E-state index contributed by atoms with van der Waals surface area (Å²) in [4.78, 5) is 4.10. The maximum absolute atomic E-state index is 8.53. The number of rotatable bonds is 6. The molecule has 0 saturated heterocycles. The number of hydrogen-bond acceptors (Lipinski definition) is 4. The van der Waals surface area contributed by atoms with Crippen molar-refractivity contribution >= 4 is 5.84 Å². The third-order valence-corrected chi connectivity index (χ3v) is 2.81. The second-order valence-electron chi connectivity index (χ2n) is 4.08. The van der Waals surface area contributed by atoms with Gasteiger partial charge in [0, 0.05) is 31.4 Å². The molecule has 1 aromatic rings. The van der Waals surface area contributed by atoms with Crippen molar-refractivity contribution in [2.24, 2.45) is 10.9 Å². The highest BCUT2D eigenvalue weighted by Crippen LogP contribution is 2.06. The van der Waals surface area contributed by atoms with Gasteiger partial charge in [0.15, 0.2) is 0 Å². The van der Waals surface area contributed by atoms with Gasteiger partial charge in [-0.1, -0.05) is 12.1 Å². The summed E-state index contributed by atoms with van der Waals surface area (Å²) in [5.41, 5.74) is 7.88. The van der Waals surface area contributed by atoms with Gasteiger partial charge in [-0.3, -0.25) is 4.98 Å². The average Bonchev–Trinajstić information content (AvgIpc) is 2.35. The topological polar surface area (TPSA) is 83.5 Å². The third kappa shape index (κ3) is 4.40. The number of nitrogens with zero attached hydrogens (tertiary/aromatic N) is 2. The van der Waals surface area contributed by atoms with Crippen molar-refractivity contribution in [1.82, 2.24) is 10.3 Å².